The highest BCUT2D eigenvalue weighted by Gasteiger charge is 2.37. The molecule has 95 heavy (non-hydrogen) atoms. The SMILES string of the molecule is CC(C)C[C@@H]1NC(=O)[C@H](CCCN=C(N)N)NC(=O)[C@@H](NC(=O)[C@H](CO)NC(=O)[C@H](Cc2c[nH]c3ccccc23)NC(=O)[C@H](Cc2ccc(F)cc2)NC(=O)[C@@H](N)Cc2ccc3ccccc3c2)CC(=O)NC[C@@H](C(=O)NCC(N)=O)NC(=O)[C@H](CCCN=C(N)N)NC1=O. The van der Waals surface area contributed by atoms with Crippen LogP contribution in [0.1, 0.15) is 69.1 Å². The fourth-order valence-corrected chi connectivity index (χ4v) is 10.3. The quantitative estimate of drug-likeness (QED) is 0.0129. The number of guanidine groups is 2. The number of aliphatic hydroxyl groups excluding tert-OH is 1. The number of aliphatic hydroxyl groups is 1. The van der Waals surface area contributed by atoms with E-state index in [-0.39, 0.29) is 82.3 Å². The Bertz CT molecular complexity index is 3610. The number of rotatable bonds is 28. The summed E-state index contributed by atoms with van der Waals surface area (Å²) < 4.78 is 14.2. The number of benzene rings is 4. The zero-order valence-corrected chi connectivity index (χ0v) is 52.6. The molecule has 5 aromatic rings. The molecule has 0 radical (unpaired) electrons. The first-order valence-corrected chi connectivity index (χ1v) is 30.8. The van der Waals surface area contributed by atoms with E-state index in [4.69, 9.17) is 34.4 Å². The van der Waals surface area contributed by atoms with E-state index in [1.165, 1.54) is 12.1 Å². The van der Waals surface area contributed by atoms with Crippen LogP contribution in [0.2, 0.25) is 0 Å². The summed E-state index contributed by atoms with van der Waals surface area (Å²) in [6, 6.07) is 11.0. The number of aliphatic imine (C=N–C) groups is 2. The van der Waals surface area contributed by atoms with Crippen molar-refractivity contribution in [3.8, 4) is 0 Å². The van der Waals surface area contributed by atoms with Crippen LogP contribution in [0, 0.1) is 11.7 Å². The topological polar surface area (TPSA) is 525 Å². The van der Waals surface area contributed by atoms with Crippen molar-refractivity contribution in [1.82, 2.24) is 58.2 Å². The van der Waals surface area contributed by atoms with Gasteiger partial charge in [-0.15, -0.1) is 0 Å². The number of halogens is 1. The lowest BCUT2D eigenvalue weighted by molar-refractivity contribution is -0.137. The van der Waals surface area contributed by atoms with Gasteiger partial charge in [0.1, 0.15) is 54.2 Å². The summed E-state index contributed by atoms with van der Waals surface area (Å²) >= 11 is 0. The molecule has 31 nitrogen and oxygen atoms in total. The van der Waals surface area contributed by atoms with Crippen LogP contribution < -0.4 is 87.6 Å². The minimum Gasteiger partial charge on any atom is -0.394 e. The molecule has 1 aliphatic rings. The number of carbonyl (C=O) groups excluding carboxylic acids is 11. The number of nitrogens with zero attached hydrogens (tertiary/aromatic N) is 2. The number of hydrogen-bond acceptors (Lipinski definition) is 15. The Hall–Kier alpha value is -10.8. The molecule has 6 rings (SSSR count). The Kier molecular flexibility index (Phi) is 27.7. The molecule has 1 fully saturated rings. The third-order valence-corrected chi connectivity index (χ3v) is 15.2. The van der Waals surface area contributed by atoms with Crippen molar-refractivity contribution in [2.45, 2.75) is 126 Å². The minimum atomic E-state index is -2.00. The molecule has 0 spiro atoms. The lowest BCUT2D eigenvalue weighted by atomic mass is 10.00. The van der Waals surface area contributed by atoms with Gasteiger partial charge >= 0.3 is 0 Å². The van der Waals surface area contributed by atoms with Gasteiger partial charge in [-0.25, -0.2) is 4.39 Å². The Morgan fingerprint density at radius 1 is 0.632 bits per heavy atom. The van der Waals surface area contributed by atoms with E-state index >= 15 is 0 Å². The van der Waals surface area contributed by atoms with E-state index in [0.717, 1.165) is 28.5 Å². The first kappa shape index (κ1) is 73.3. The summed E-state index contributed by atoms with van der Waals surface area (Å²) in [6.45, 7) is 0.787. The van der Waals surface area contributed by atoms with E-state index in [2.05, 4.69) is 68.1 Å². The predicted octanol–water partition coefficient (Wildman–Crippen LogP) is -4.04. The van der Waals surface area contributed by atoms with Gasteiger partial charge in [-0.05, 0) is 90.1 Å². The zero-order chi connectivity index (χ0) is 69.3. The van der Waals surface area contributed by atoms with Gasteiger partial charge in [-0.1, -0.05) is 86.6 Å². The van der Waals surface area contributed by atoms with Gasteiger partial charge in [-0.2, -0.15) is 0 Å². The first-order valence-electron chi connectivity index (χ1n) is 30.8. The number of para-hydroxylation sites is 1. The minimum absolute atomic E-state index is 0.00358. The van der Waals surface area contributed by atoms with Gasteiger partial charge < -0.3 is 97.7 Å². The molecule has 24 N–H and O–H groups in total. The van der Waals surface area contributed by atoms with Crippen LogP contribution in [0.3, 0.4) is 0 Å². The number of aromatic nitrogens is 1. The van der Waals surface area contributed by atoms with Gasteiger partial charge in [0.2, 0.25) is 65.0 Å². The monoisotopic (exact) mass is 1320 g/mol. The molecule has 9 atom stereocenters. The summed E-state index contributed by atoms with van der Waals surface area (Å²) in [7, 11) is 0. The van der Waals surface area contributed by atoms with Crippen LogP contribution in [-0.4, -0.2) is 174 Å². The van der Waals surface area contributed by atoms with Crippen molar-refractivity contribution in [2.24, 2.45) is 50.3 Å². The number of nitrogens with one attached hydrogen (secondary N) is 11. The molecular formula is C63H84FN19O12. The molecule has 510 valence electrons. The number of aromatic amines is 1. The number of primary amides is 1. The lowest BCUT2D eigenvalue weighted by Gasteiger charge is -2.28. The van der Waals surface area contributed by atoms with Crippen LogP contribution in [0.4, 0.5) is 4.39 Å². The smallest absolute Gasteiger partial charge is 0.245 e. The van der Waals surface area contributed by atoms with Crippen molar-refractivity contribution in [3.05, 3.63) is 120 Å². The van der Waals surface area contributed by atoms with Crippen LogP contribution >= 0.6 is 0 Å². The standard InChI is InChI=1S/C63H84FN19O12/c1-33(2)23-45-57(91)76-44(14-8-22-72-63(69)70)56(90)82-49(54(88)75-31-51(66)85)30-74-52(86)28-48(60(94)77-43(55(89)79-45)13-7-21-71-62(67)68)81-61(95)50(32-84)83-59(93)47(27-38-29-73-42-12-6-5-11-40(38)42)80-58(92)46(26-34-16-19-39(64)20-17-34)78-53(87)41(65)25-35-15-18-36-9-3-4-10-37(36)24-35/h3-6,9-12,15-20,24,29,33,41,43-50,73,84H,7-8,13-14,21-23,25-28,30-32,65H2,1-2H3,(H2,66,85)(H,74,86)(H,75,88)(H,76,91)(H,77,94)(H,78,87)(H,79,89)(H,80,92)(H,81,95)(H,82,90)(H,83,93)(H4,67,68,71)(H4,69,70,72)/t41-,43-,44-,45-,46-,47-,48-,49-,50-/m0/s1. The van der Waals surface area contributed by atoms with Crippen molar-refractivity contribution in [2.75, 3.05) is 32.8 Å². The maximum atomic E-state index is 14.8. The fraction of sp³-hybridized carbons (Fsp3) is 0.413. The molecule has 1 aromatic heterocycles. The largest absolute Gasteiger partial charge is 0.394 e. The third kappa shape index (κ3) is 23.4. The molecule has 0 saturated carbocycles. The van der Waals surface area contributed by atoms with Crippen molar-refractivity contribution < 1.29 is 62.2 Å². The van der Waals surface area contributed by atoms with E-state index in [1.807, 2.05) is 42.5 Å². The molecule has 2 heterocycles. The molecule has 0 aliphatic carbocycles. The molecule has 32 heteroatoms. The average molecular weight is 1320 g/mol. The highest BCUT2D eigenvalue weighted by atomic mass is 19.1. The highest BCUT2D eigenvalue weighted by Crippen LogP contribution is 2.21. The molecular weight excluding hydrogens is 1230 g/mol. The second-order valence-electron chi connectivity index (χ2n) is 23.3. The number of H-pyrrole nitrogens is 1. The summed E-state index contributed by atoms with van der Waals surface area (Å²) in [6.07, 6.45) is -0.115. The molecule has 0 bridgehead atoms. The van der Waals surface area contributed by atoms with E-state index in [1.54, 1.807) is 44.3 Å². The Morgan fingerprint density at radius 3 is 1.82 bits per heavy atom. The first-order chi connectivity index (χ1) is 45.3. The molecule has 0 unspecified atom stereocenters. The van der Waals surface area contributed by atoms with Crippen LogP contribution in [0.25, 0.3) is 21.7 Å². The third-order valence-electron chi connectivity index (χ3n) is 15.2. The fourth-order valence-electron chi connectivity index (χ4n) is 10.3. The second kappa shape index (κ2) is 35.9. The summed E-state index contributed by atoms with van der Waals surface area (Å²) in [5.74, 6) is -12.5. The molecule has 1 saturated heterocycles. The average Bonchev–Trinajstić information content (AvgIpc) is 1.77. The van der Waals surface area contributed by atoms with Crippen LogP contribution in [0.5, 0.6) is 0 Å². The number of amides is 11. The Morgan fingerprint density at radius 2 is 1.19 bits per heavy atom. The summed E-state index contributed by atoms with van der Waals surface area (Å²) in [5.41, 5.74) is 36.1. The summed E-state index contributed by atoms with van der Waals surface area (Å²) in [5, 5.41) is 38.4. The van der Waals surface area contributed by atoms with Crippen molar-refractivity contribution >= 4 is 98.6 Å². The van der Waals surface area contributed by atoms with E-state index < -0.39 is 151 Å². The Labute approximate surface area is 545 Å². The van der Waals surface area contributed by atoms with E-state index in [9.17, 15) is 62.2 Å². The molecule has 11 amide bonds. The van der Waals surface area contributed by atoms with E-state index in [0.29, 0.717) is 22.0 Å². The predicted molar refractivity (Wildman–Crippen MR) is 349 cm³/mol. The number of hydrogen-bond donors (Lipinski definition) is 18. The van der Waals surface area contributed by atoms with Gasteiger partial charge in [-0.3, -0.25) is 62.7 Å². The lowest BCUT2D eigenvalue weighted by Crippen LogP contribution is -2.61. The van der Waals surface area contributed by atoms with Crippen molar-refractivity contribution in [3.63, 3.8) is 0 Å². The zero-order valence-electron chi connectivity index (χ0n) is 52.6. The number of carbonyl (C=O) groups is 11. The van der Waals surface area contributed by atoms with Gasteiger partial charge in [0, 0.05) is 49.6 Å². The van der Waals surface area contributed by atoms with Crippen molar-refractivity contribution in [1.29, 1.82) is 0 Å². The summed E-state index contributed by atoms with van der Waals surface area (Å²) in [4.78, 5) is 166. The second-order valence-corrected chi connectivity index (χ2v) is 23.3. The van der Waals surface area contributed by atoms with Crippen LogP contribution in [-0.2, 0) is 72.0 Å². The van der Waals surface area contributed by atoms with Gasteiger partial charge in [0.05, 0.1) is 25.6 Å². The maximum absolute atomic E-state index is 14.8. The van der Waals surface area contributed by atoms with Gasteiger partial charge in [0.25, 0.3) is 0 Å². The highest BCUT2D eigenvalue weighted by molar-refractivity contribution is 6.00. The van der Waals surface area contributed by atoms with Crippen LogP contribution in [0.15, 0.2) is 107 Å². The van der Waals surface area contributed by atoms with Gasteiger partial charge in [0.15, 0.2) is 11.9 Å². The number of fused-ring (bicyclic) bond motifs is 2. The molecule has 4 aromatic carbocycles. The normalized spacial score (nSPS) is 18.5. The Balaban J connectivity index is 1.32. The maximum Gasteiger partial charge on any atom is 0.245 e. The molecule has 1 aliphatic heterocycles. The number of nitrogens with two attached hydrogens (primary N) is 6.